The number of aryl methyl sites for hydroxylation is 2. The van der Waals surface area contributed by atoms with Crippen LogP contribution in [0.15, 0.2) is 36.5 Å². The van der Waals surface area contributed by atoms with Crippen LogP contribution in [-0.4, -0.2) is 42.2 Å². The fraction of sp³-hybridized carbons (Fsp3) is 0.333. The number of halogens is 3. The van der Waals surface area contributed by atoms with Gasteiger partial charge in [-0.1, -0.05) is 6.92 Å². The number of hydrogen-bond acceptors (Lipinski definition) is 5. The number of hydrogen-bond donors (Lipinski definition) is 0. The summed E-state index contributed by atoms with van der Waals surface area (Å²) in [5, 5.41) is 8.12. The number of carbonyl (C=O) groups is 1. The van der Waals surface area contributed by atoms with E-state index < -0.39 is 17.8 Å². The Kier molecular flexibility index (Phi) is 5.76. The first-order chi connectivity index (χ1) is 15.2. The maximum Gasteiger partial charge on any atom is 0.433 e. The van der Waals surface area contributed by atoms with Crippen molar-refractivity contribution in [1.82, 2.24) is 29.3 Å². The van der Waals surface area contributed by atoms with Crippen LogP contribution in [-0.2, 0) is 25.7 Å². The molecule has 0 radical (unpaired) electrons. The van der Waals surface area contributed by atoms with E-state index in [-0.39, 0.29) is 23.6 Å². The molecule has 0 atom stereocenters. The van der Waals surface area contributed by atoms with Crippen LogP contribution in [0.25, 0.3) is 16.2 Å². The Morgan fingerprint density at radius 3 is 2.62 bits per heavy atom. The van der Waals surface area contributed by atoms with Crippen molar-refractivity contribution in [2.24, 2.45) is 0 Å². The number of alkyl halides is 3. The van der Waals surface area contributed by atoms with Gasteiger partial charge in [-0.15, -0.1) is 11.3 Å². The van der Waals surface area contributed by atoms with Crippen molar-refractivity contribution in [2.75, 3.05) is 7.05 Å². The molecule has 7 nitrogen and oxygen atoms in total. The lowest BCUT2D eigenvalue weighted by atomic mass is 10.2. The summed E-state index contributed by atoms with van der Waals surface area (Å²) in [6, 6.07) is 7.69. The molecule has 0 fully saturated rings. The van der Waals surface area contributed by atoms with Gasteiger partial charge in [-0.05, 0) is 37.6 Å². The average molecular weight is 463 g/mol. The number of amides is 1. The van der Waals surface area contributed by atoms with E-state index in [9.17, 15) is 18.0 Å². The van der Waals surface area contributed by atoms with Crippen LogP contribution in [0.2, 0.25) is 0 Å². The van der Waals surface area contributed by atoms with Gasteiger partial charge in [-0.3, -0.25) is 9.48 Å². The lowest BCUT2D eigenvalue weighted by Gasteiger charge is -2.16. The zero-order valence-corrected chi connectivity index (χ0v) is 18.5. The summed E-state index contributed by atoms with van der Waals surface area (Å²) in [6.07, 6.45) is -2.24. The summed E-state index contributed by atoms with van der Waals surface area (Å²) >= 11 is 1.39. The van der Waals surface area contributed by atoms with Crippen LogP contribution in [0.5, 0.6) is 0 Å². The van der Waals surface area contributed by atoms with Crippen LogP contribution in [0.1, 0.15) is 40.6 Å². The Morgan fingerprint density at radius 1 is 1.19 bits per heavy atom. The lowest BCUT2D eigenvalue weighted by molar-refractivity contribution is -0.142. The van der Waals surface area contributed by atoms with Gasteiger partial charge in [0, 0.05) is 30.7 Å². The van der Waals surface area contributed by atoms with Gasteiger partial charge in [0.1, 0.15) is 0 Å². The monoisotopic (exact) mass is 462 g/mol. The molecule has 32 heavy (non-hydrogen) atoms. The number of fused-ring (bicyclic) bond motifs is 1. The molecule has 0 unspecified atom stereocenters. The van der Waals surface area contributed by atoms with Gasteiger partial charge in [0.2, 0.25) is 0 Å². The number of aromatic nitrogens is 5. The van der Waals surface area contributed by atoms with E-state index in [2.05, 4.69) is 15.2 Å². The average Bonchev–Trinajstić information content (AvgIpc) is 3.49. The summed E-state index contributed by atoms with van der Waals surface area (Å²) in [7, 11) is 1.57. The third-order valence-electron chi connectivity index (χ3n) is 5.05. The third kappa shape index (κ3) is 4.12. The molecule has 0 aliphatic rings. The predicted molar refractivity (Wildman–Crippen MR) is 114 cm³/mol. The molecule has 0 aliphatic heterocycles. The molecule has 1 amide bonds. The Balaban J connectivity index is 1.72. The fourth-order valence-electron chi connectivity index (χ4n) is 3.40. The summed E-state index contributed by atoms with van der Waals surface area (Å²) in [5.41, 5.74) is -0.0986. The quantitative estimate of drug-likeness (QED) is 0.422. The molecule has 11 heteroatoms. The van der Waals surface area contributed by atoms with Crippen molar-refractivity contribution in [3.63, 3.8) is 0 Å². The van der Waals surface area contributed by atoms with Crippen LogP contribution in [0.3, 0.4) is 0 Å². The largest absolute Gasteiger partial charge is 0.433 e. The highest BCUT2D eigenvalue weighted by Gasteiger charge is 2.36. The molecule has 0 N–H and O–H groups in total. The van der Waals surface area contributed by atoms with Crippen molar-refractivity contribution in [2.45, 2.75) is 39.5 Å². The highest BCUT2D eigenvalue weighted by atomic mass is 32.1. The normalized spacial score (nSPS) is 11.9. The zero-order valence-electron chi connectivity index (χ0n) is 17.7. The first-order valence-corrected chi connectivity index (χ1v) is 10.9. The predicted octanol–water partition coefficient (Wildman–Crippen LogP) is 4.53. The Labute approximate surface area is 186 Å². The van der Waals surface area contributed by atoms with Gasteiger partial charge < -0.3 is 4.90 Å². The standard InChI is InChI=1S/C21H21F3N6OS/c1-4-14-6-7-17(32-14)15-10-18(21(22,23)24)30-19(26-15)11-16(27-30)20(31)28(3)12-13-8-9-25-29(13)5-2/h6-11H,4-5,12H2,1-3H3. The maximum absolute atomic E-state index is 13.8. The minimum absolute atomic E-state index is 0.0309. The topological polar surface area (TPSA) is 68.3 Å². The van der Waals surface area contributed by atoms with E-state index in [1.807, 2.05) is 19.9 Å². The summed E-state index contributed by atoms with van der Waals surface area (Å²) in [6.45, 7) is 4.80. The molecule has 0 bridgehead atoms. The second-order valence-corrected chi connectivity index (χ2v) is 8.41. The summed E-state index contributed by atoms with van der Waals surface area (Å²) in [5.74, 6) is -0.501. The van der Waals surface area contributed by atoms with Gasteiger partial charge in [0.25, 0.3) is 5.91 Å². The molecule has 4 heterocycles. The van der Waals surface area contributed by atoms with Crippen LogP contribution >= 0.6 is 11.3 Å². The Bertz CT molecular complexity index is 1270. The smallest absolute Gasteiger partial charge is 0.334 e. The molecule has 0 saturated carbocycles. The summed E-state index contributed by atoms with van der Waals surface area (Å²) < 4.78 is 43.8. The second-order valence-electron chi connectivity index (χ2n) is 7.24. The lowest BCUT2D eigenvalue weighted by Crippen LogP contribution is -2.28. The van der Waals surface area contributed by atoms with Crippen molar-refractivity contribution in [3.8, 4) is 10.6 Å². The van der Waals surface area contributed by atoms with Crippen molar-refractivity contribution >= 4 is 22.9 Å². The van der Waals surface area contributed by atoms with E-state index >= 15 is 0 Å². The van der Waals surface area contributed by atoms with Crippen molar-refractivity contribution in [1.29, 1.82) is 0 Å². The number of rotatable bonds is 6. The van der Waals surface area contributed by atoms with Gasteiger partial charge >= 0.3 is 6.18 Å². The third-order valence-corrected chi connectivity index (χ3v) is 6.30. The molecule has 0 aromatic carbocycles. The number of carbonyl (C=O) groups excluding carboxylic acids is 1. The minimum atomic E-state index is -4.66. The molecule has 4 aromatic rings. The molecular weight excluding hydrogens is 441 g/mol. The van der Waals surface area contributed by atoms with E-state index in [1.165, 1.54) is 22.3 Å². The van der Waals surface area contributed by atoms with Gasteiger partial charge in [-0.25, -0.2) is 9.50 Å². The van der Waals surface area contributed by atoms with Crippen LogP contribution in [0.4, 0.5) is 13.2 Å². The highest BCUT2D eigenvalue weighted by molar-refractivity contribution is 7.15. The second kappa shape index (κ2) is 8.38. The molecule has 168 valence electrons. The van der Waals surface area contributed by atoms with E-state index in [0.717, 1.165) is 23.1 Å². The van der Waals surface area contributed by atoms with E-state index in [0.29, 0.717) is 15.9 Å². The first kappa shape index (κ1) is 22.0. The highest BCUT2D eigenvalue weighted by Crippen LogP contribution is 2.34. The molecule has 0 aliphatic carbocycles. The van der Waals surface area contributed by atoms with Crippen molar-refractivity contribution in [3.05, 3.63) is 58.5 Å². The molecule has 4 aromatic heterocycles. The first-order valence-electron chi connectivity index (χ1n) is 10.0. The Hall–Kier alpha value is -3.21. The summed E-state index contributed by atoms with van der Waals surface area (Å²) in [4.78, 5) is 20.3. The van der Waals surface area contributed by atoms with Crippen molar-refractivity contribution < 1.29 is 18.0 Å². The maximum atomic E-state index is 13.8. The van der Waals surface area contributed by atoms with Gasteiger partial charge in [0.15, 0.2) is 17.0 Å². The van der Waals surface area contributed by atoms with Crippen LogP contribution < -0.4 is 0 Å². The zero-order chi connectivity index (χ0) is 23.0. The van der Waals surface area contributed by atoms with Gasteiger partial charge in [-0.2, -0.15) is 23.4 Å². The minimum Gasteiger partial charge on any atom is -0.334 e. The molecule has 4 rings (SSSR count). The van der Waals surface area contributed by atoms with E-state index in [4.69, 9.17) is 0 Å². The SMILES string of the molecule is CCc1ccc(-c2cc(C(F)(F)F)n3nc(C(=O)N(C)Cc4ccnn4CC)cc3n2)s1. The molecular formula is C21H21F3N6OS. The van der Waals surface area contributed by atoms with E-state index in [1.54, 1.807) is 30.1 Å². The number of nitrogens with zero attached hydrogens (tertiary/aromatic N) is 6. The Morgan fingerprint density at radius 2 is 1.97 bits per heavy atom. The fourth-order valence-corrected chi connectivity index (χ4v) is 4.31. The molecule has 0 saturated heterocycles. The number of thiophene rings is 1. The van der Waals surface area contributed by atoms with Gasteiger partial charge in [0.05, 0.1) is 22.8 Å². The molecule has 0 spiro atoms. The van der Waals surface area contributed by atoms with Crippen LogP contribution in [0, 0.1) is 0 Å².